The first-order valence-electron chi connectivity index (χ1n) is 8.12. The number of carbonyl (C=O) groups excluding carboxylic acids is 1. The predicted molar refractivity (Wildman–Crippen MR) is 104 cm³/mol. The van der Waals surface area contributed by atoms with Crippen LogP contribution in [0.3, 0.4) is 0 Å². The van der Waals surface area contributed by atoms with E-state index in [-0.39, 0.29) is 18.3 Å². The standard InChI is InChI=1S/C17H26BrN3O2.ClH/c1-3-6-17(2,19)16(22)20-12-13-4-5-14(18)11-15(13)21-7-9-23-10-8-21;/h4-5,11H,3,6-10,12,19H2,1-2H3,(H,20,22);1H. The van der Waals surface area contributed by atoms with Crippen LogP contribution in [0.25, 0.3) is 0 Å². The van der Waals surface area contributed by atoms with Crippen LogP contribution in [0.4, 0.5) is 5.69 Å². The molecular formula is C17H27BrClN3O2. The summed E-state index contributed by atoms with van der Waals surface area (Å²) in [5.74, 6) is -0.102. The zero-order chi connectivity index (χ0) is 16.9. The van der Waals surface area contributed by atoms with Crippen LogP contribution in [0, 0.1) is 0 Å². The molecule has 5 nitrogen and oxygen atoms in total. The van der Waals surface area contributed by atoms with Gasteiger partial charge in [0.25, 0.3) is 0 Å². The number of amides is 1. The highest BCUT2D eigenvalue weighted by Crippen LogP contribution is 2.26. The normalized spacial score (nSPS) is 16.9. The molecule has 1 fully saturated rings. The first-order valence-corrected chi connectivity index (χ1v) is 8.91. The molecule has 1 saturated heterocycles. The monoisotopic (exact) mass is 419 g/mol. The third-order valence-corrected chi connectivity index (χ3v) is 4.62. The Labute approximate surface area is 158 Å². The predicted octanol–water partition coefficient (Wildman–Crippen LogP) is 2.84. The summed E-state index contributed by atoms with van der Waals surface area (Å²) in [5, 5.41) is 2.99. The molecule has 136 valence electrons. The van der Waals surface area contributed by atoms with E-state index in [1.54, 1.807) is 6.92 Å². The number of morpholine rings is 1. The molecule has 1 amide bonds. The smallest absolute Gasteiger partial charge is 0.240 e. The lowest BCUT2D eigenvalue weighted by molar-refractivity contribution is -0.126. The number of anilines is 1. The molecule has 1 aliphatic heterocycles. The number of carbonyl (C=O) groups is 1. The van der Waals surface area contributed by atoms with E-state index in [1.807, 2.05) is 19.1 Å². The van der Waals surface area contributed by atoms with Crippen molar-refractivity contribution in [3.05, 3.63) is 28.2 Å². The average Bonchev–Trinajstić information content (AvgIpc) is 2.54. The van der Waals surface area contributed by atoms with E-state index in [0.29, 0.717) is 13.0 Å². The van der Waals surface area contributed by atoms with Crippen molar-refractivity contribution in [2.45, 2.75) is 38.8 Å². The van der Waals surface area contributed by atoms with Crippen molar-refractivity contribution in [2.75, 3.05) is 31.2 Å². The number of nitrogens with two attached hydrogens (primary N) is 1. The van der Waals surface area contributed by atoms with Crippen molar-refractivity contribution in [1.82, 2.24) is 5.32 Å². The summed E-state index contributed by atoms with van der Waals surface area (Å²) in [5.41, 5.74) is 7.51. The molecule has 3 N–H and O–H groups in total. The van der Waals surface area contributed by atoms with Crippen LogP contribution in [0.15, 0.2) is 22.7 Å². The Kier molecular flexibility index (Phi) is 8.50. The lowest BCUT2D eigenvalue weighted by Crippen LogP contribution is -2.51. The molecule has 0 bridgehead atoms. The summed E-state index contributed by atoms with van der Waals surface area (Å²) in [6.45, 7) is 7.49. The van der Waals surface area contributed by atoms with Gasteiger partial charge in [-0.15, -0.1) is 12.4 Å². The van der Waals surface area contributed by atoms with Crippen molar-refractivity contribution in [1.29, 1.82) is 0 Å². The fourth-order valence-corrected chi connectivity index (χ4v) is 3.14. The molecule has 24 heavy (non-hydrogen) atoms. The minimum Gasteiger partial charge on any atom is -0.378 e. The molecule has 2 rings (SSSR count). The first kappa shape index (κ1) is 21.2. The summed E-state index contributed by atoms with van der Waals surface area (Å²) in [6, 6.07) is 6.14. The molecule has 0 aliphatic carbocycles. The number of rotatable bonds is 6. The molecule has 0 radical (unpaired) electrons. The van der Waals surface area contributed by atoms with E-state index in [1.165, 1.54) is 0 Å². The fourth-order valence-electron chi connectivity index (χ4n) is 2.80. The third kappa shape index (κ3) is 5.62. The molecule has 1 atom stereocenters. The van der Waals surface area contributed by atoms with E-state index >= 15 is 0 Å². The molecule has 0 aromatic heterocycles. The van der Waals surface area contributed by atoms with Crippen LogP contribution in [0.5, 0.6) is 0 Å². The summed E-state index contributed by atoms with van der Waals surface area (Å²) in [6.07, 6.45) is 1.56. The Morgan fingerprint density at radius 3 is 2.71 bits per heavy atom. The minimum absolute atomic E-state index is 0. The summed E-state index contributed by atoms with van der Waals surface area (Å²) < 4.78 is 6.45. The molecule has 1 heterocycles. The Balaban J connectivity index is 0.00000288. The van der Waals surface area contributed by atoms with E-state index in [2.05, 4.69) is 32.2 Å². The second-order valence-electron chi connectivity index (χ2n) is 6.22. The van der Waals surface area contributed by atoms with Crippen molar-refractivity contribution in [3.63, 3.8) is 0 Å². The van der Waals surface area contributed by atoms with E-state index in [4.69, 9.17) is 10.5 Å². The Bertz CT molecular complexity index is 549. The SMILES string of the molecule is CCCC(C)(N)C(=O)NCc1ccc(Br)cc1N1CCOCC1.Cl. The summed E-state index contributed by atoms with van der Waals surface area (Å²) in [7, 11) is 0. The van der Waals surface area contributed by atoms with E-state index < -0.39 is 5.54 Å². The molecule has 1 aliphatic rings. The highest BCUT2D eigenvalue weighted by atomic mass is 79.9. The van der Waals surface area contributed by atoms with Gasteiger partial charge in [-0.2, -0.15) is 0 Å². The van der Waals surface area contributed by atoms with Crippen molar-refractivity contribution in [2.24, 2.45) is 5.73 Å². The van der Waals surface area contributed by atoms with Crippen LogP contribution in [-0.4, -0.2) is 37.7 Å². The maximum absolute atomic E-state index is 12.3. The van der Waals surface area contributed by atoms with Gasteiger partial charge < -0.3 is 20.7 Å². The zero-order valence-corrected chi connectivity index (χ0v) is 16.7. The van der Waals surface area contributed by atoms with Gasteiger partial charge >= 0.3 is 0 Å². The molecule has 1 unspecified atom stereocenters. The lowest BCUT2D eigenvalue weighted by atomic mass is 9.96. The number of nitrogens with zero attached hydrogens (tertiary/aromatic N) is 1. The van der Waals surface area contributed by atoms with Crippen molar-refractivity contribution in [3.8, 4) is 0 Å². The number of ether oxygens (including phenoxy) is 1. The Morgan fingerprint density at radius 2 is 2.08 bits per heavy atom. The van der Waals surface area contributed by atoms with Crippen LogP contribution in [0.1, 0.15) is 32.3 Å². The van der Waals surface area contributed by atoms with Crippen LogP contribution < -0.4 is 16.0 Å². The van der Waals surface area contributed by atoms with Crippen LogP contribution in [0.2, 0.25) is 0 Å². The fraction of sp³-hybridized carbons (Fsp3) is 0.588. The minimum atomic E-state index is -0.816. The van der Waals surface area contributed by atoms with Crippen molar-refractivity contribution < 1.29 is 9.53 Å². The lowest BCUT2D eigenvalue weighted by Gasteiger charge is -2.31. The van der Waals surface area contributed by atoms with Gasteiger partial charge in [0.1, 0.15) is 0 Å². The number of nitrogens with one attached hydrogen (secondary N) is 1. The average molecular weight is 421 g/mol. The Hall–Kier alpha value is -0.820. The molecule has 0 saturated carbocycles. The second kappa shape index (κ2) is 9.61. The zero-order valence-electron chi connectivity index (χ0n) is 14.3. The quantitative estimate of drug-likeness (QED) is 0.742. The molecule has 0 spiro atoms. The van der Waals surface area contributed by atoms with Gasteiger partial charge in [0.05, 0.1) is 18.8 Å². The number of halogens is 2. The maximum atomic E-state index is 12.3. The van der Waals surface area contributed by atoms with E-state index in [0.717, 1.165) is 48.4 Å². The van der Waals surface area contributed by atoms with Gasteiger partial charge in [-0.25, -0.2) is 0 Å². The number of hydrogen-bond acceptors (Lipinski definition) is 4. The highest BCUT2D eigenvalue weighted by molar-refractivity contribution is 9.10. The molecular weight excluding hydrogens is 394 g/mol. The van der Waals surface area contributed by atoms with Crippen molar-refractivity contribution >= 4 is 39.9 Å². The molecule has 1 aromatic rings. The highest BCUT2D eigenvalue weighted by Gasteiger charge is 2.27. The van der Waals surface area contributed by atoms with Gasteiger partial charge in [-0.1, -0.05) is 35.3 Å². The van der Waals surface area contributed by atoms with Gasteiger partial charge in [-0.05, 0) is 31.0 Å². The number of hydrogen-bond donors (Lipinski definition) is 2. The molecule has 1 aromatic carbocycles. The molecule has 7 heteroatoms. The van der Waals surface area contributed by atoms with E-state index in [9.17, 15) is 4.79 Å². The first-order chi connectivity index (χ1) is 10.9. The maximum Gasteiger partial charge on any atom is 0.240 e. The topological polar surface area (TPSA) is 67.6 Å². The number of benzene rings is 1. The summed E-state index contributed by atoms with van der Waals surface area (Å²) in [4.78, 5) is 14.6. The largest absolute Gasteiger partial charge is 0.378 e. The third-order valence-electron chi connectivity index (χ3n) is 4.13. The second-order valence-corrected chi connectivity index (χ2v) is 7.14. The summed E-state index contributed by atoms with van der Waals surface area (Å²) >= 11 is 3.53. The Morgan fingerprint density at radius 1 is 1.42 bits per heavy atom. The van der Waals surface area contributed by atoms with Gasteiger partial charge in [-0.3, -0.25) is 4.79 Å². The van der Waals surface area contributed by atoms with Gasteiger partial charge in [0.15, 0.2) is 0 Å². The van der Waals surface area contributed by atoms with Gasteiger partial charge in [0, 0.05) is 29.8 Å². The van der Waals surface area contributed by atoms with Crippen LogP contribution >= 0.6 is 28.3 Å². The van der Waals surface area contributed by atoms with Crippen LogP contribution in [-0.2, 0) is 16.1 Å². The van der Waals surface area contributed by atoms with Gasteiger partial charge in [0.2, 0.25) is 5.91 Å².